The van der Waals surface area contributed by atoms with Crippen LogP contribution in [0.25, 0.3) is 11.0 Å². The van der Waals surface area contributed by atoms with Gasteiger partial charge in [-0.2, -0.15) is 5.10 Å². The standard InChI is InChI=1S/C14H19N5O4/c1-8(2)4-10(14(21)22)18-12-9-5-17-19(6-11(20)23-3)13(9)16-7-15-12/h5,7-8,10H,4,6H2,1-3H3,(H,21,22)(H,15,16,18)/t10-/m1/s1. The Morgan fingerprint density at radius 1 is 1.39 bits per heavy atom. The molecule has 0 saturated heterocycles. The van der Waals surface area contributed by atoms with Gasteiger partial charge in [0.15, 0.2) is 5.65 Å². The summed E-state index contributed by atoms with van der Waals surface area (Å²) in [5.41, 5.74) is 0.432. The van der Waals surface area contributed by atoms with E-state index in [1.165, 1.54) is 24.3 Å². The fourth-order valence-corrected chi connectivity index (χ4v) is 2.17. The number of nitrogens with one attached hydrogen (secondary N) is 1. The van der Waals surface area contributed by atoms with Crippen molar-refractivity contribution in [2.24, 2.45) is 5.92 Å². The Bertz CT molecular complexity index is 712. The van der Waals surface area contributed by atoms with E-state index in [1.54, 1.807) is 0 Å². The van der Waals surface area contributed by atoms with Crippen molar-refractivity contribution in [3.8, 4) is 0 Å². The number of hydrogen-bond donors (Lipinski definition) is 2. The summed E-state index contributed by atoms with van der Waals surface area (Å²) in [6.45, 7) is 3.81. The molecule has 0 radical (unpaired) electrons. The first-order valence-electron chi connectivity index (χ1n) is 7.15. The van der Waals surface area contributed by atoms with Gasteiger partial charge >= 0.3 is 11.9 Å². The number of methoxy groups -OCH3 is 1. The maximum Gasteiger partial charge on any atom is 0.327 e. The van der Waals surface area contributed by atoms with E-state index in [9.17, 15) is 14.7 Å². The number of anilines is 1. The molecular weight excluding hydrogens is 302 g/mol. The predicted molar refractivity (Wildman–Crippen MR) is 81.8 cm³/mol. The molecule has 0 amide bonds. The summed E-state index contributed by atoms with van der Waals surface area (Å²) in [4.78, 5) is 30.9. The van der Waals surface area contributed by atoms with E-state index < -0.39 is 18.0 Å². The zero-order chi connectivity index (χ0) is 17.0. The quantitative estimate of drug-likeness (QED) is 0.722. The molecule has 0 bridgehead atoms. The molecule has 2 aromatic rings. The number of carbonyl (C=O) groups is 2. The Hall–Kier alpha value is -2.71. The average Bonchev–Trinajstić information content (AvgIpc) is 2.90. The number of carboxylic acid groups (broad SMARTS) is 1. The molecule has 23 heavy (non-hydrogen) atoms. The lowest BCUT2D eigenvalue weighted by molar-refractivity contribution is -0.141. The number of carboxylic acids is 1. The fraction of sp³-hybridized carbons (Fsp3) is 0.500. The number of hydrogen-bond acceptors (Lipinski definition) is 7. The summed E-state index contributed by atoms with van der Waals surface area (Å²) in [5.74, 6) is -0.819. The van der Waals surface area contributed by atoms with Crippen molar-refractivity contribution >= 4 is 28.8 Å². The van der Waals surface area contributed by atoms with Gasteiger partial charge in [0.2, 0.25) is 0 Å². The van der Waals surface area contributed by atoms with Crippen molar-refractivity contribution in [3.05, 3.63) is 12.5 Å². The van der Waals surface area contributed by atoms with Crippen LogP contribution in [0.5, 0.6) is 0 Å². The van der Waals surface area contributed by atoms with E-state index >= 15 is 0 Å². The molecule has 9 heteroatoms. The van der Waals surface area contributed by atoms with Crippen LogP contribution in [-0.4, -0.2) is 49.9 Å². The third kappa shape index (κ3) is 3.93. The normalized spacial score (nSPS) is 12.3. The maximum absolute atomic E-state index is 11.4. The van der Waals surface area contributed by atoms with Crippen molar-refractivity contribution in [1.29, 1.82) is 0 Å². The Labute approximate surface area is 132 Å². The van der Waals surface area contributed by atoms with Crippen LogP contribution in [-0.2, 0) is 20.9 Å². The summed E-state index contributed by atoms with van der Waals surface area (Å²) >= 11 is 0. The lowest BCUT2D eigenvalue weighted by atomic mass is 10.0. The summed E-state index contributed by atoms with van der Waals surface area (Å²) in [6, 6.07) is -0.767. The molecule has 0 fully saturated rings. The minimum absolute atomic E-state index is 0.0786. The summed E-state index contributed by atoms with van der Waals surface area (Å²) in [5, 5.41) is 16.9. The molecule has 0 saturated carbocycles. The SMILES string of the molecule is COC(=O)Cn1ncc2c(N[C@H](CC(C)C)C(=O)O)ncnc21. The molecule has 0 aromatic carbocycles. The van der Waals surface area contributed by atoms with Crippen LogP contribution in [0.15, 0.2) is 12.5 Å². The summed E-state index contributed by atoms with van der Waals surface area (Å²) < 4.78 is 5.99. The molecule has 0 aliphatic carbocycles. The third-order valence-corrected chi connectivity index (χ3v) is 3.26. The molecule has 124 valence electrons. The Morgan fingerprint density at radius 3 is 2.74 bits per heavy atom. The van der Waals surface area contributed by atoms with E-state index in [2.05, 4.69) is 25.1 Å². The second-order valence-corrected chi connectivity index (χ2v) is 5.50. The van der Waals surface area contributed by atoms with Crippen molar-refractivity contribution in [2.75, 3.05) is 12.4 Å². The number of aromatic nitrogens is 4. The first-order valence-corrected chi connectivity index (χ1v) is 7.15. The number of nitrogens with zero attached hydrogens (tertiary/aromatic N) is 4. The fourth-order valence-electron chi connectivity index (χ4n) is 2.17. The van der Waals surface area contributed by atoms with Crippen LogP contribution < -0.4 is 5.32 Å². The minimum Gasteiger partial charge on any atom is -0.480 e. The Morgan fingerprint density at radius 2 is 2.13 bits per heavy atom. The molecule has 0 spiro atoms. The molecule has 2 aromatic heterocycles. The predicted octanol–water partition coefficient (Wildman–Crippen LogP) is 0.910. The largest absolute Gasteiger partial charge is 0.480 e. The first kappa shape index (κ1) is 16.7. The molecule has 1 atom stereocenters. The van der Waals surface area contributed by atoms with Crippen molar-refractivity contribution in [1.82, 2.24) is 19.7 Å². The molecule has 2 heterocycles. The van der Waals surface area contributed by atoms with Crippen LogP contribution in [0.1, 0.15) is 20.3 Å². The van der Waals surface area contributed by atoms with E-state index in [0.29, 0.717) is 23.3 Å². The summed E-state index contributed by atoms with van der Waals surface area (Å²) in [6.07, 6.45) is 3.25. The molecule has 0 aliphatic rings. The molecular formula is C14H19N5O4. The van der Waals surface area contributed by atoms with E-state index in [0.717, 1.165) is 0 Å². The Kier molecular flexibility index (Phi) is 5.09. The maximum atomic E-state index is 11.4. The van der Waals surface area contributed by atoms with Gasteiger partial charge in [0.25, 0.3) is 0 Å². The Balaban J connectivity index is 2.31. The summed E-state index contributed by atoms with van der Waals surface area (Å²) in [7, 11) is 1.29. The topological polar surface area (TPSA) is 119 Å². The van der Waals surface area contributed by atoms with Crippen LogP contribution in [0.2, 0.25) is 0 Å². The van der Waals surface area contributed by atoms with Gasteiger partial charge in [-0.15, -0.1) is 0 Å². The van der Waals surface area contributed by atoms with Gasteiger partial charge in [0.05, 0.1) is 18.7 Å². The molecule has 2 rings (SSSR count). The van der Waals surface area contributed by atoms with Gasteiger partial charge in [-0.3, -0.25) is 4.79 Å². The van der Waals surface area contributed by atoms with Crippen molar-refractivity contribution in [3.63, 3.8) is 0 Å². The number of ether oxygens (including phenoxy) is 1. The lowest BCUT2D eigenvalue weighted by Crippen LogP contribution is -2.31. The van der Waals surface area contributed by atoms with Crippen molar-refractivity contribution in [2.45, 2.75) is 32.9 Å². The van der Waals surface area contributed by atoms with E-state index in [1.807, 2.05) is 13.8 Å². The van der Waals surface area contributed by atoms with Gasteiger partial charge in [-0.25, -0.2) is 19.4 Å². The number of esters is 1. The van der Waals surface area contributed by atoms with E-state index in [4.69, 9.17) is 0 Å². The van der Waals surface area contributed by atoms with Gasteiger partial charge in [-0.1, -0.05) is 13.8 Å². The van der Waals surface area contributed by atoms with Gasteiger partial charge in [-0.05, 0) is 12.3 Å². The van der Waals surface area contributed by atoms with Crippen molar-refractivity contribution < 1.29 is 19.4 Å². The van der Waals surface area contributed by atoms with Crippen LogP contribution in [0.3, 0.4) is 0 Å². The lowest BCUT2D eigenvalue weighted by Gasteiger charge is -2.17. The molecule has 2 N–H and O–H groups in total. The minimum atomic E-state index is -0.951. The van der Waals surface area contributed by atoms with Gasteiger partial charge in [0, 0.05) is 0 Å². The second kappa shape index (κ2) is 7.03. The van der Waals surface area contributed by atoms with Crippen LogP contribution >= 0.6 is 0 Å². The van der Waals surface area contributed by atoms with E-state index in [-0.39, 0.29) is 12.5 Å². The number of fused-ring (bicyclic) bond motifs is 1. The number of carbonyl (C=O) groups excluding carboxylic acids is 1. The highest BCUT2D eigenvalue weighted by Gasteiger charge is 2.21. The number of rotatable bonds is 7. The third-order valence-electron chi connectivity index (χ3n) is 3.26. The smallest absolute Gasteiger partial charge is 0.327 e. The monoisotopic (exact) mass is 321 g/mol. The van der Waals surface area contributed by atoms with Gasteiger partial charge < -0.3 is 15.2 Å². The van der Waals surface area contributed by atoms with Crippen LogP contribution in [0, 0.1) is 5.92 Å². The zero-order valence-corrected chi connectivity index (χ0v) is 13.2. The second-order valence-electron chi connectivity index (χ2n) is 5.50. The zero-order valence-electron chi connectivity index (χ0n) is 13.2. The molecule has 0 aliphatic heterocycles. The number of aliphatic carboxylic acids is 1. The molecule has 0 unspecified atom stereocenters. The average molecular weight is 321 g/mol. The molecule has 9 nitrogen and oxygen atoms in total. The highest BCUT2D eigenvalue weighted by molar-refractivity contribution is 5.89. The highest BCUT2D eigenvalue weighted by atomic mass is 16.5. The van der Waals surface area contributed by atoms with Crippen LogP contribution in [0.4, 0.5) is 5.82 Å². The van der Waals surface area contributed by atoms with Gasteiger partial charge in [0.1, 0.15) is 24.7 Å². The first-order chi connectivity index (χ1) is 10.9. The highest BCUT2D eigenvalue weighted by Crippen LogP contribution is 2.21.